The Morgan fingerprint density at radius 3 is 2.56 bits per heavy atom. The smallest absolute Gasteiger partial charge is 0.212 e. The minimum atomic E-state index is -3.21. The fourth-order valence-electron chi connectivity index (χ4n) is 1.86. The number of unbranched alkanes of at least 4 members (excludes halogenated alkanes) is 1. The lowest BCUT2D eigenvalue weighted by Gasteiger charge is -2.14. The topological polar surface area (TPSA) is 46.2 Å². The van der Waals surface area contributed by atoms with E-state index in [1.165, 1.54) is 9.75 Å². The van der Waals surface area contributed by atoms with E-state index in [0.29, 0.717) is 12.3 Å². The van der Waals surface area contributed by atoms with Crippen LogP contribution in [-0.2, 0) is 10.0 Å². The van der Waals surface area contributed by atoms with Crippen molar-refractivity contribution in [3.63, 3.8) is 0 Å². The van der Waals surface area contributed by atoms with E-state index < -0.39 is 10.0 Å². The summed E-state index contributed by atoms with van der Waals surface area (Å²) in [4.78, 5) is 2.37. The molecule has 0 fully saturated rings. The van der Waals surface area contributed by atoms with Gasteiger partial charge < -0.3 is 0 Å². The van der Waals surface area contributed by atoms with Crippen LogP contribution in [0.15, 0.2) is 6.07 Å². The fourth-order valence-corrected chi connectivity index (χ4v) is 4.44. The van der Waals surface area contributed by atoms with Crippen molar-refractivity contribution in [2.45, 2.75) is 39.7 Å². The molecule has 0 radical (unpaired) electrons. The Kier molecular flexibility index (Phi) is 6.11. The van der Waals surface area contributed by atoms with Crippen molar-refractivity contribution >= 4 is 33.0 Å². The molecule has 104 valence electrons. The highest BCUT2D eigenvalue weighted by molar-refractivity contribution is 7.89. The molecular formula is C12H20ClNO2S2. The first-order chi connectivity index (χ1) is 8.35. The summed E-state index contributed by atoms with van der Waals surface area (Å²) in [5, 5.41) is 0. The zero-order valence-electron chi connectivity index (χ0n) is 11.0. The van der Waals surface area contributed by atoms with Gasteiger partial charge >= 0.3 is 0 Å². The highest BCUT2D eigenvalue weighted by atomic mass is 35.5. The van der Waals surface area contributed by atoms with Crippen molar-refractivity contribution in [3.05, 3.63) is 21.4 Å². The molecule has 0 aliphatic carbocycles. The maximum atomic E-state index is 11.9. The van der Waals surface area contributed by atoms with Crippen LogP contribution in [0.3, 0.4) is 0 Å². The molecule has 1 unspecified atom stereocenters. The summed E-state index contributed by atoms with van der Waals surface area (Å²) in [6.07, 6.45) is 1.33. The van der Waals surface area contributed by atoms with Crippen LogP contribution < -0.4 is 4.72 Å². The van der Waals surface area contributed by atoms with Crippen LogP contribution in [0.25, 0.3) is 0 Å². The van der Waals surface area contributed by atoms with Gasteiger partial charge in [-0.2, -0.15) is 0 Å². The highest BCUT2D eigenvalue weighted by Gasteiger charge is 2.17. The molecule has 0 saturated carbocycles. The monoisotopic (exact) mass is 309 g/mol. The Hall–Kier alpha value is -0.100. The Morgan fingerprint density at radius 1 is 1.39 bits per heavy atom. The predicted octanol–water partition coefficient (Wildman–Crippen LogP) is 3.36. The number of sulfonamides is 1. The zero-order valence-corrected chi connectivity index (χ0v) is 13.4. The van der Waals surface area contributed by atoms with E-state index in [9.17, 15) is 8.42 Å². The zero-order chi connectivity index (χ0) is 13.8. The maximum absolute atomic E-state index is 11.9. The number of aryl methyl sites for hydroxylation is 2. The molecule has 0 bridgehead atoms. The summed E-state index contributed by atoms with van der Waals surface area (Å²) in [7, 11) is -3.21. The van der Waals surface area contributed by atoms with Crippen molar-refractivity contribution < 1.29 is 8.42 Å². The fraction of sp³-hybridized carbons (Fsp3) is 0.667. The van der Waals surface area contributed by atoms with E-state index in [4.69, 9.17) is 11.6 Å². The first kappa shape index (κ1) is 16.0. The van der Waals surface area contributed by atoms with Gasteiger partial charge in [0.15, 0.2) is 0 Å². The first-order valence-corrected chi connectivity index (χ1v) is 8.99. The maximum Gasteiger partial charge on any atom is 0.212 e. The van der Waals surface area contributed by atoms with E-state index in [1.807, 2.05) is 26.8 Å². The number of alkyl halides is 1. The van der Waals surface area contributed by atoms with Crippen molar-refractivity contribution in [2.24, 2.45) is 0 Å². The summed E-state index contributed by atoms with van der Waals surface area (Å²) in [5.41, 5.74) is 1.07. The molecule has 1 atom stereocenters. The molecule has 0 amide bonds. The molecule has 0 aromatic carbocycles. The van der Waals surface area contributed by atoms with E-state index in [2.05, 4.69) is 4.72 Å². The Labute approximate surface area is 119 Å². The van der Waals surface area contributed by atoms with E-state index in [1.54, 1.807) is 11.3 Å². The van der Waals surface area contributed by atoms with Gasteiger partial charge in [-0.25, -0.2) is 13.1 Å². The highest BCUT2D eigenvalue weighted by Crippen LogP contribution is 2.26. The second kappa shape index (κ2) is 6.89. The van der Waals surface area contributed by atoms with Crippen molar-refractivity contribution in [3.8, 4) is 0 Å². The molecule has 1 rings (SSSR count). The normalized spacial score (nSPS) is 13.8. The summed E-state index contributed by atoms with van der Waals surface area (Å²) in [5.74, 6) is 0.653. The summed E-state index contributed by atoms with van der Waals surface area (Å²) >= 11 is 7.23. The van der Waals surface area contributed by atoms with Gasteiger partial charge in [-0.1, -0.05) is 0 Å². The van der Waals surface area contributed by atoms with Crippen LogP contribution in [0.5, 0.6) is 0 Å². The minimum Gasteiger partial charge on any atom is -0.212 e. The van der Waals surface area contributed by atoms with Crippen molar-refractivity contribution in [1.29, 1.82) is 0 Å². The number of thiophene rings is 1. The Balaban J connectivity index is 2.64. The van der Waals surface area contributed by atoms with Crippen LogP contribution in [-0.4, -0.2) is 20.1 Å². The molecule has 0 aliphatic heterocycles. The first-order valence-electron chi connectivity index (χ1n) is 5.98. The third-order valence-corrected chi connectivity index (χ3v) is 5.49. The molecule has 1 N–H and O–H groups in total. The van der Waals surface area contributed by atoms with Gasteiger partial charge in [-0.05, 0) is 45.2 Å². The largest absolute Gasteiger partial charge is 0.212 e. The number of hydrogen-bond donors (Lipinski definition) is 1. The van der Waals surface area contributed by atoms with Crippen molar-refractivity contribution in [1.82, 2.24) is 4.72 Å². The third-order valence-electron chi connectivity index (χ3n) is 2.70. The second-order valence-corrected chi connectivity index (χ2v) is 8.13. The summed E-state index contributed by atoms with van der Waals surface area (Å²) < 4.78 is 26.4. The third kappa shape index (κ3) is 4.88. The molecule has 1 aromatic rings. The quantitative estimate of drug-likeness (QED) is 0.620. The standard InChI is InChI=1S/C12H20ClNO2S2/c1-9-8-12(11(3)17-9)10(2)14-18(15,16)7-5-4-6-13/h8,10,14H,4-7H2,1-3H3. The molecule has 0 spiro atoms. The van der Waals surface area contributed by atoms with Gasteiger partial charge in [0.05, 0.1) is 5.75 Å². The molecule has 6 heteroatoms. The molecule has 1 heterocycles. The lowest BCUT2D eigenvalue weighted by atomic mass is 10.1. The van der Waals surface area contributed by atoms with Gasteiger partial charge in [0.2, 0.25) is 10.0 Å². The van der Waals surface area contributed by atoms with E-state index >= 15 is 0 Å². The molecule has 3 nitrogen and oxygen atoms in total. The lowest BCUT2D eigenvalue weighted by Crippen LogP contribution is -2.29. The summed E-state index contributed by atoms with van der Waals surface area (Å²) in [6, 6.07) is 1.88. The Morgan fingerprint density at radius 2 is 2.06 bits per heavy atom. The van der Waals surface area contributed by atoms with E-state index in [0.717, 1.165) is 12.0 Å². The van der Waals surface area contributed by atoms with Crippen LogP contribution in [0.2, 0.25) is 0 Å². The van der Waals surface area contributed by atoms with Gasteiger partial charge in [0, 0.05) is 21.7 Å². The van der Waals surface area contributed by atoms with Crippen molar-refractivity contribution in [2.75, 3.05) is 11.6 Å². The minimum absolute atomic E-state index is 0.145. The molecule has 0 aliphatic rings. The SMILES string of the molecule is Cc1cc(C(C)NS(=O)(=O)CCCCCl)c(C)s1. The molecule has 1 aromatic heterocycles. The van der Waals surface area contributed by atoms with Gasteiger partial charge in [-0.15, -0.1) is 22.9 Å². The van der Waals surface area contributed by atoms with E-state index in [-0.39, 0.29) is 11.8 Å². The molecule has 0 saturated heterocycles. The predicted molar refractivity (Wildman–Crippen MR) is 79.1 cm³/mol. The van der Waals surface area contributed by atoms with Crippen LogP contribution in [0.1, 0.15) is 41.1 Å². The van der Waals surface area contributed by atoms with Gasteiger partial charge in [0.1, 0.15) is 0 Å². The second-order valence-electron chi connectivity index (χ2n) is 4.42. The number of hydrogen-bond acceptors (Lipinski definition) is 3. The lowest BCUT2D eigenvalue weighted by molar-refractivity contribution is 0.564. The van der Waals surface area contributed by atoms with Gasteiger partial charge in [0.25, 0.3) is 0 Å². The number of rotatable bonds is 7. The van der Waals surface area contributed by atoms with Crippen LogP contribution in [0, 0.1) is 13.8 Å². The average molecular weight is 310 g/mol. The summed E-state index contributed by atoms with van der Waals surface area (Å²) in [6.45, 7) is 5.93. The van der Waals surface area contributed by atoms with Gasteiger partial charge in [-0.3, -0.25) is 0 Å². The van der Waals surface area contributed by atoms with Crippen LogP contribution >= 0.6 is 22.9 Å². The van der Waals surface area contributed by atoms with Crippen LogP contribution in [0.4, 0.5) is 0 Å². The molecule has 18 heavy (non-hydrogen) atoms. The number of halogens is 1. The average Bonchev–Trinajstić information content (AvgIpc) is 2.57. The molecular weight excluding hydrogens is 290 g/mol. The number of nitrogens with one attached hydrogen (secondary N) is 1. The Bertz CT molecular complexity index is 482.